The van der Waals surface area contributed by atoms with Gasteiger partial charge in [-0.05, 0) is 44.7 Å². The molecule has 0 atom stereocenters. The highest BCUT2D eigenvalue weighted by Gasteiger charge is 2.35. The number of amides is 3. The van der Waals surface area contributed by atoms with Crippen LogP contribution >= 0.6 is 0 Å². The maximum Gasteiger partial charge on any atom is 0.320 e. The molecule has 9 heteroatoms. The van der Waals surface area contributed by atoms with Gasteiger partial charge in [-0.2, -0.15) is 4.31 Å². The van der Waals surface area contributed by atoms with Crippen LogP contribution in [0.25, 0.3) is 0 Å². The van der Waals surface area contributed by atoms with Gasteiger partial charge >= 0.3 is 6.03 Å². The predicted octanol–water partition coefficient (Wildman–Crippen LogP) is 1.76. The van der Waals surface area contributed by atoms with Crippen molar-refractivity contribution < 1.29 is 18.0 Å². The van der Waals surface area contributed by atoms with E-state index in [1.54, 1.807) is 24.3 Å². The monoisotopic (exact) mass is 448 g/mol. The molecule has 0 spiro atoms. The third kappa shape index (κ3) is 4.72. The number of carbonyl (C=O) groups excluding carboxylic acids is 2. The second-order valence-corrected chi connectivity index (χ2v) is 10.7. The van der Waals surface area contributed by atoms with Crippen LogP contribution in [0, 0.1) is 12.8 Å². The summed E-state index contributed by atoms with van der Waals surface area (Å²) in [6.07, 6.45) is 3.22. The SMILES string of the molecule is Cc1ccc(S(=O)(=O)N2CCC(C(=O)N3CCN(C(=O)N4CCCC4)CC3)CC2)cc1. The van der Waals surface area contributed by atoms with E-state index >= 15 is 0 Å². The van der Waals surface area contributed by atoms with Crippen LogP contribution in [0.3, 0.4) is 0 Å². The lowest BCUT2D eigenvalue weighted by molar-refractivity contribution is -0.138. The van der Waals surface area contributed by atoms with Crippen molar-refractivity contribution >= 4 is 22.0 Å². The fraction of sp³-hybridized carbons (Fsp3) is 0.636. The number of sulfonamides is 1. The van der Waals surface area contributed by atoms with E-state index in [2.05, 4.69) is 0 Å². The summed E-state index contributed by atoms with van der Waals surface area (Å²) in [4.78, 5) is 31.4. The molecule has 3 saturated heterocycles. The quantitative estimate of drug-likeness (QED) is 0.706. The molecule has 0 bridgehead atoms. The zero-order valence-corrected chi connectivity index (χ0v) is 19.0. The molecule has 0 aliphatic carbocycles. The van der Waals surface area contributed by atoms with E-state index in [0.29, 0.717) is 57.0 Å². The minimum Gasteiger partial charge on any atom is -0.339 e. The van der Waals surface area contributed by atoms with Crippen molar-refractivity contribution in [2.45, 2.75) is 37.5 Å². The molecule has 170 valence electrons. The van der Waals surface area contributed by atoms with E-state index in [1.807, 2.05) is 21.6 Å². The van der Waals surface area contributed by atoms with E-state index in [-0.39, 0.29) is 17.9 Å². The average molecular weight is 449 g/mol. The smallest absolute Gasteiger partial charge is 0.320 e. The van der Waals surface area contributed by atoms with E-state index in [9.17, 15) is 18.0 Å². The molecule has 0 saturated carbocycles. The van der Waals surface area contributed by atoms with Crippen LogP contribution in [0.15, 0.2) is 29.2 Å². The first-order valence-electron chi connectivity index (χ1n) is 11.3. The minimum atomic E-state index is -3.52. The summed E-state index contributed by atoms with van der Waals surface area (Å²) in [6, 6.07) is 6.99. The maximum absolute atomic E-state index is 13.0. The van der Waals surface area contributed by atoms with Crippen LogP contribution in [-0.2, 0) is 14.8 Å². The van der Waals surface area contributed by atoms with Crippen molar-refractivity contribution in [2.24, 2.45) is 5.92 Å². The fourth-order valence-electron chi connectivity index (χ4n) is 4.69. The van der Waals surface area contributed by atoms with Crippen molar-refractivity contribution in [1.82, 2.24) is 19.0 Å². The molecule has 31 heavy (non-hydrogen) atoms. The standard InChI is InChI=1S/C22H32N4O4S/c1-18-4-6-20(7-5-18)31(29,30)26-12-8-19(9-13-26)21(27)23-14-16-25(17-15-23)22(28)24-10-2-3-11-24/h4-7,19H,2-3,8-17H2,1H3. The highest BCUT2D eigenvalue weighted by molar-refractivity contribution is 7.89. The molecular weight excluding hydrogens is 416 g/mol. The fourth-order valence-corrected chi connectivity index (χ4v) is 6.16. The van der Waals surface area contributed by atoms with Crippen molar-refractivity contribution in [3.63, 3.8) is 0 Å². The van der Waals surface area contributed by atoms with Crippen LogP contribution < -0.4 is 0 Å². The molecule has 1 aromatic rings. The van der Waals surface area contributed by atoms with Gasteiger partial charge in [-0.15, -0.1) is 0 Å². The third-order valence-corrected chi connectivity index (χ3v) is 8.61. The zero-order chi connectivity index (χ0) is 22.0. The van der Waals surface area contributed by atoms with Crippen molar-refractivity contribution in [3.8, 4) is 0 Å². The normalized spacial score (nSPS) is 21.5. The number of hydrogen-bond donors (Lipinski definition) is 0. The second kappa shape index (κ2) is 9.16. The van der Waals surface area contributed by atoms with Gasteiger partial charge < -0.3 is 14.7 Å². The Morgan fingerprint density at radius 2 is 1.29 bits per heavy atom. The Morgan fingerprint density at radius 1 is 0.774 bits per heavy atom. The highest BCUT2D eigenvalue weighted by Crippen LogP contribution is 2.26. The number of benzene rings is 1. The van der Waals surface area contributed by atoms with E-state index in [4.69, 9.17) is 0 Å². The van der Waals surface area contributed by atoms with Gasteiger partial charge in [0.05, 0.1) is 4.90 Å². The Hall–Kier alpha value is -2.13. The van der Waals surface area contributed by atoms with Crippen LogP contribution in [0.5, 0.6) is 0 Å². The molecule has 0 radical (unpaired) electrons. The van der Waals surface area contributed by atoms with Crippen LogP contribution in [-0.4, -0.2) is 91.7 Å². The van der Waals surface area contributed by atoms with Gasteiger partial charge in [-0.3, -0.25) is 4.79 Å². The van der Waals surface area contributed by atoms with Crippen molar-refractivity contribution in [1.29, 1.82) is 0 Å². The van der Waals surface area contributed by atoms with E-state index < -0.39 is 10.0 Å². The zero-order valence-electron chi connectivity index (χ0n) is 18.2. The van der Waals surface area contributed by atoms with Gasteiger partial charge in [0.25, 0.3) is 0 Å². The number of piperidine rings is 1. The van der Waals surface area contributed by atoms with Crippen LogP contribution in [0.1, 0.15) is 31.2 Å². The summed E-state index contributed by atoms with van der Waals surface area (Å²) in [7, 11) is -3.52. The molecule has 4 rings (SSSR count). The molecule has 8 nitrogen and oxygen atoms in total. The van der Waals surface area contributed by atoms with Gasteiger partial charge in [0, 0.05) is 58.3 Å². The number of carbonyl (C=O) groups is 2. The van der Waals surface area contributed by atoms with Gasteiger partial charge in [0.1, 0.15) is 0 Å². The van der Waals surface area contributed by atoms with Gasteiger partial charge in [-0.1, -0.05) is 17.7 Å². The Morgan fingerprint density at radius 3 is 1.87 bits per heavy atom. The molecule has 3 amide bonds. The molecule has 3 heterocycles. The van der Waals surface area contributed by atoms with Gasteiger partial charge in [0.15, 0.2) is 0 Å². The van der Waals surface area contributed by atoms with Crippen LogP contribution in [0.2, 0.25) is 0 Å². The van der Waals surface area contributed by atoms with E-state index in [0.717, 1.165) is 31.5 Å². The Labute approximate surface area is 184 Å². The number of hydrogen-bond acceptors (Lipinski definition) is 4. The Balaban J connectivity index is 1.28. The molecule has 3 aliphatic rings. The van der Waals surface area contributed by atoms with E-state index in [1.165, 1.54) is 4.31 Å². The topological polar surface area (TPSA) is 81.2 Å². The molecule has 1 aromatic carbocycles. The van der Waals surface area contributed by atoms with Crippen LogP contribution in [0.4, 0.5) is 4.79 Å². The lowest BCUT2D eigenvalue weighted by Gasteiger charge is -2.39. The largest absolute Gasteiger partial charge is 0.339 e. The average Bonchev–Trinajstić information content (AvgIpc) is 3.34. The predicted molar refractivity (Wildman–Crippen MR) is 117 cm³/mol. The minimum absolute atomic E-state index is 0.0965. The molecule has 0 unspecified atom stereocenters. The maximum atomic E-state index is 13.0. The molecule has 3 fully saturated rings. The lowest BCUT2D eigenvalue weighted by Crippen LogP contribution is -2.55. The molecule has 3 aliphatic heterocycles. The Bertz CT molecular complexity index is 896. The second-order valence-electron chi connectivity index (χ2n) is 8.78. The van der Waals surface area contributed by atoms with Crippen molar-refractivity contribution in [3.05, 3.63) is 29.8 Å². The third-order valence-electron chi connectivity index (χ3n) is 6.70. The first-order valence-corrected chi connectivity index (χ1v) is 12.7. The van der Waals surface area contributed by atoms with Gasteiger partial charge in [-0.25, -0.2) is 13.2 Å². The summed E-state index contributed by atoms with van der Waals surface area (Å²) < 4.78 is 27.2. The number of aryl methyl sites for hydroxylation is 1. The molecule has 0 aromatic heterocycles. The summed E-state index contributed by atoms with van der Waals surface area (Å²) in [6.45, 7) is 6.57. The number of rotatable bonds is 3. The highest BCUT2D eigenvalue weighted by atomic mass is 32.2. The number of nitrogens with zero attached hydrogens (tertiary/aromatic N) is 4. The molecular formula is C22H32N4O4S. The number of urea groups is 1. The summed E-state index contributed by atoms with van der Waals surface area (Å²) in [5.41, 5.74) is 1.02. The molecule has 0 N–H and O–H groups in total. The summed E-state index contributed by atoms with van der Waals surface area (Å²) in [5, 5.41) is 0. The summed E-state index contributed by atoms with van der Waals surface area (Å²) >= 11 is 0. The first-order chi connectivity index (χ1) is 14.9. The number of likely N-dealkylation sites (tertiary alicyclic amines) is 1. The lowest BCUT2D eigenvalue weighted by atomic mass is 9.96. The first kappa shape index (κ1) is 22.1. The van der Waals surface area contributed by atoms with Crippen molar-refractivity contribution in [2.75, 3.05) is 52.4 Å². The summed E-state index contributed by atoms with van der Waals surface area (Å²) in [5.74, 6) is -0.0500. The Kier molecular flexibility index (Phi) is 6.52. The number of piperazine rings is 1. The van der Waals surface area contributed by atoms with Gasteiger partial charge in [0.2, 0.25) is 15.9 Å².